The first kappa shape index (κ1) is 14.9. The van der Waals surface area contributed by atoms with Crippen LogP contribution in [0.15, 0.2) is 44.8 Å². The summed E-state index contributed by atoms with van der Waals surface area (Å²) in [5.41, 5.74) is 1.15. The van der Waals surface area contributed by atoms with Gasteiger partial charge in [0.15, 0.2) is 0 Å². The maximum atomic E-state index is 6.30. The molecule has 1 aromatic carbocycles. The molecule has 0 amide bonds. The van der Waals surface area contributed by atoms with E-state index in [9.17, 15) is 0 Å². The van der Waals surface area contributed by atoms with Gasteiger partial charge < -0.3 is 10.1 Å². The second-order valence-electron chi connectivity index (χ2n) is 3.92. The summed E-state index contributed by atoms with van der Waals surface area (Å²) in [6.45, 7) is 2.29. The first-order chi connectivity index (χ1) is 9.31. The summed E-state index contributed by atoms with van der Waals surface area (Å²) in [5.74, 6) is 0. The Hall–Kier alpha value is -0.520. The van der Waals surface area contributed by atoms with Gasteiger partial charge in [0, 0.05) is 30.1 Å². The third-order valence-corrected chi connectivity index (χ3v) is 5.06. The Morgan fingerprint density at radius 2 is 2.21 bits per heavy atom. The molecule has 0 fully saturated rings. The number of ether oxygens (including phenoxy) is 1. The molecule has 102 valence electrons. The van der Waals surface area contributed by atoms with Gasteiger partial charge in [0.05, 0.1) is 10.8 Å². The van der Waals surface area contributed by atoms with Crippen LogP contribution in [0.2, 0.25) is 5.02 Å². The molecule has 2 rings (SSSR count). The van der Waals surface area contributed by atoms with Gasteiger partial charge in [-0.25, -0.2) is 0 Å². The van der Waals surface area contributed by atoms with E-state index in [2.05, 4.69) is 28.9 Å². The van der Waals surface area contributed by atoms with E-state index in [0.29, 0.717) is 6.61 Å². The lowest BCUT2D eigenvalue weighted by atomic mass is 10.2. The van der Waals surface area contributed by atoms with Crippen molar-refractivity contribution in [2.45, 2.75) is 15.6 Å². The van der Waals surface area contributed by atoms with Crippen LogP contribution in [0.25, 0.3) is 0 Å². The molecule has 1 heterocycles. The lowest BCUT2D eigenvalue weighted by molar-refractivity contribution is 0.199. The zero-order valence-corrected chi connectivity index (χ0v) is 13.1. The molecule has 0 radical (unpaired) electrons. The van der Waals surface area contributed by atoms with Gasteiger partial charge in [0.2, 0.25) is 0 Å². The number of benzene rings is 1. The van der Waals surface area contributed by atoms with Crippen molar-refractivity contribution in [2.75, 3.05) is 20.3 Å². The van der Waals surface area contributed by atoms with Crippen molar-refractivity contribution in [1.82, 2.24) is 5.32 Å². The number of hydrogen-bond acceptors (Lipinski definition) is 4. The fraction of sp³-hybridized carbons (Fsp3) is 0.286. The standard InChI is InChI=1S/C14H16ClNOS2/c1-17-8-7-16-10-11-12(15)4-2-5-13(11)19-14-6-3-9-18-14/h2-6,9,16H,7-8,10H2,1H3. The van der Waals surface area contributed by atoms with Crippen molar-refractivity contribution < 1.29 is 4.74 Å². The van der Waals surface area contributed by atoms with Gasteiger partial charge in [-0.2, -0.15) is 0 Å². The predicted molar refractivity (Wildman–Crippen MR) is 83.5 cm³/mol. The molecule has 0 bridgehead atoms. The van der Waals surface area contributed by atoms with Crippen molar-refractivity contribution >= 4 is 34.7 Å². The minimum atomic E-state index is 0.706. The molecule has 0 saturated carbocycles. The van der Waals surface area contributed by atoms with Crippen LogP contribution >= 0.6 is 34.7 Å². The smallest absolute Gasteiger partial charge is 0.0646 e. The summed E-state index contributed by atoms with van der Waals surface area (Å²) in [6, 6.07) is 10.2. The van der Waals surface area contributed by atoms with Crippen molar-refractivity contribution in [3.05, 3.63) is 46.3 Å². The number of rotatable bonds is 7. The molecule has 2 nitrogen and oxygen atoms in total. The van der Waals surface area contributed by atoms with Crippen molar-refractivity contribution in [3.8, 4) is 0 Å². The highest BCUT2D eigenvalue weighted by Gasteiger charge is 2.08. The van der Waals surface area contributed by atoms with Crippen LogP contribution in [0, 0.1) is 0 Å². The van der Waals surface area contributed by atoms with E-state index in [1.807, 2.05) is 12.1 Å². The van der Waals surface area contributed by atoms with E-state index in [4.69, 9.17) is 16.3 Å². The molecule has 5 heteroatoms. The van der Waals surface area contributed by atoms with E-state index in [1.54, 1.807) is 30.2 Å². The average molecular weight is 314 g/mol. The molecule has 0 aliphatic rings. The van der Waals surface area contributed by atoms with Crippen molar-refractivity contribution in [3.63, 3.8) is 0 Å². The summed E-state index contributed by atoms with van der Waals surface area (Å²) in [6.07, 6.45) is 0. The molecule has 0 saturated heterocycles. The molecule has 0 aliphatic heterocycles. The first-order valence-electron chi connectivity index (χ1n) is 5.99. The number of nitrogens with one attached hydrogen (secondary N) is 1. The van der Waals surface area contributed by atoms with E-state index in [0.717, 1.165) is 23.7 Å². The lowest BCUT2D eigenvalue weighted by Crippen LogP contribution is -2.19. The highest BCUT2D eigenvalue weighted by Crippen LogP contribution is 2.35. The highest BCUT2D eigenvalue weighted by atomic mass is 35.5. The third-order valence-electron chi connectivity index (χ3n) is 2.57. The van der Waals surface area contributed by atoms with Gasteiger partial charge in [-0.15, -0.1) is 11.3 Å². The van der Waals surface area contributed by atoms with Crippen molar-refractivity contribution in [1.29, 1.82) is 0 Å². The second-order valence-corrected chi connectivity index (χ2v) is 6.62. The molecular formula is C14H16ClNOS2. The SMILES string of the molecule is COCCNCc1c(Cl)cccc1Sc1cccs1. The average Bonchev–Trinajstić information content (AvgIpc) is 2.90. The summed E-state index contributed by atoms with van der Waals surface area (Å²) in [7, 11) is 1.70. The Labute approximate surface area is 127 Å². The maximum Gasteiger partial charge on any atom is 0.0646 e. The zero-order chi connectivity index (χ0) is 13.5. The molecule has 2 aromatic rings. The number of methoxy groups -OCH3 is 1. The normalized spacial score (nSPS) is 10.8. The van der Waals surface area contributed by atoms with Crippen LogP contribution in [0.1, 0.15) is 5.56 Å². The second kappa shape index (κ2) is 7.92. The summed E-state index contributed by atoms with van der Waals surface area (Å²) in [5, 5.41) is 6.24. The summed E-state index contributed by atoms with van der Waals surface area (Å²) in [4.78, 5) is 1.21. The number of hydrogen-bond donors (Lipinski definition) is 1. The third kappa shape index (κ3) is 4.51. The molecular weight excluding hydrogens is 298 g/mol. The highest BCUT2D eigenvalue weighted by molar-refractivity contribution is 8.01. The van der Waals surface area contributed by atoms with Crippen LogP contribution in [0.4, 0.5) is 0 Å². The van der Waals surface area contributed by atoms with Gasteiger partial charge in [-0.1, -0.05) is 35.5 Å². The topological polar surface area (TPSA) is 21.3 Å². The molecule has 0 unspecified atom stereocenters. The van der Waals surface area contributed by atoms with E-state index in [1.165, 1.54) is 9.10 Å². The fourth-order valence-corrected chi connectivity index (χ4v) is 3.81. The number of halogens is 1. The summed E-state index contributed by atoms with van der Waals surface area (Å²) >= 11 is 9.81. The van der Waals surface area contributed by atoms with Gasteiger partial charge in [-0.05, 0) is 29.1 Å². The number of thiophene rings is 1. The molecule has 0 aliphatic carbocycles. The minimum absolute atomic E-state index is 0.706. The molecule has 0 spiro atoms. The molecule has 0 atom stereocenters. The molecule has 1 N–H and O–H groups in total. The van der Waals surface area contributed by atoms with Gasteiger partial charge >= 0.3 is 0 Å². The van der Waals surface area contributed by atoms with Crippen LogP contribution in [0.5, 0.6) is 0 Å². The Morgan fingerprint density at radius 1 is 1.32 bits per heavy atom. The van der Waals surface area contributed by atoms with Crippen molar-refractivity contribution in [2.24, 2.45) is 0 Å². The monoisotopic (exact) mass is 313 g/mol. The van der Waals surface area contributed by atoms with Gasteiger partial charge in [0.1, 0.15) is 0 Å². The quantitative estimate of drug-likeness (QED) is 0.771. The van der Waals surface area contributed by atoms with Crippen LogP contribution < -0.4 is 5.32 Å². The molecule has 19 heavy (non-hydrogen) atoms. The van der Waals surface area contributed by atoms with E-state index < -0.39 is 0 Å². The van der Waals surface area contributed by atoms with Crippen LogP contribution in [-0.2, 0) is 11.3 Å². The van der Waals surface area contributed by atoms with E-state index >= 15 is 0 Å². The molecule has 1 aromatic heterocycles. The van der Waals surface area contributed by atoms with Crippen LogP contribution in [0.3, 0.4) is 0 Å². The van der Waals surface area contributed by atoms with Gasteiger partial charge in [0.25, 0.3) is 0 Å². The fourth-order valence-electron chi connectivity index (χ4n) is 1.62. The predicted octanol–water partition coefficient (Wildman–Crippen LogP) is 4.29. The maximum absolute atomic E-state index is 6.30. The largest absolute Gasteiger partial charge is 0.383 e. The zero-order valence-electron chi connectivity index (χ0n) is 10.7. The Balaban J connectivity index is 2.07. The minimum Gasteiger partial charge on any atom is -0.383 e. The Kier molecular flexibility index (Phi) is 6.20. The summed E-state index contributed by atoms with van der Waals surface area (Å²) < 4.78 is 6.30. The Morgan fingerprint density at radius 3 is 2.95 bits per heavy atom. The van der Waals surface area contributed by atoms with E-state index in [-0.39, 0.29) is 0 Å². The lowest BCUT2D eigenvalue weighted by Gasteiger charge is -2.11. The van der Waals surface area contributed by atoms with Gasteiger partial charge in [-0.3, -0.25) is 0 Å². The van der Waals surface area contributed by atoms with Crippen LogP contribution in [-0.4, -0.2) is 20.3 Å². The first-order valence-corrected chi connectivity index (χ1v) is 8.07. The Bertz CT molecular complexity index is 502.